The molecule has 0 radical (unpaired) electrons. The van der Waals surface area contributed by atoms with Crippen LogP contribution in [0.25, 0.3) is 0 Å². The molecule has 0 saturated carbocycles. The summed E-state index contributed by atoms with van der Waals surface area (Å²) in [5, 5.41) is 9.85. The summed E-state index contributed by atoms with van der Waals surface area (Å²) in [5.41, 5.74) is 1.75. The van der Waals surface area contributed by atoms with E-state index in [1.807, 2.05) is 56.3 Å². The van der Waals surface area contributed by atoms with E-state index in [9.17, 15) is 4.79 Å². The fourth-order valence-corrected chi connectivity index (χ4v) is 2.89. The standard InChI is InChI=1S/C22H29ClN4O2/c1-4-25-22(27-15-16(2)29-20-10-6-9-19(23)14-20)26-12-11-17-7-5-8-18(13-17)21(28)24-3/h5-10,13-14,16H,4,11-12,15H2,1-3H3,(H,24,28)(H2,25,26,27). The van der Waals surface area contributed by atoms with Gasteiger partial charge in [-0.1, -0.05) is 29.8 Å². The van der Waals surface area contributed by atoms with Gasteiger partial charge in [0.2, 0.25) is 0 Å². The van der Waals surface area contributed by atoms with Gasteiger partial charge in [-0.2, -0.15) is 0 Å². The van der Waals surface area contributed by atoms with E-state index in [1.54, 1.807) is 13.1 Å². The summed E-state index contributed by atoms with van der Waals surface area (Å²) < 4.78 is 5.86. The molecule has 7 heteroatoms. The van der Waals surface area contributed by atoms with Crippen LogP contribution < -0.4 is 20.7 Å². The Labute approximate surface area is 177 Å². The Kier molecular flexibility index (Phi) is 9.31. The smallest absolute Gasteiger partial charge is 0.251 e. The molecule has 0 fully saturated rings. The molecular weight excluding hydrogens is 388 g/mol. The Morgan fingerprint density at radius 1 is 1.17 bits per heavy atom. The average Bonchev–Trinajstić information content (AvgIpc) is 2.71. The Morgan fingerprint density at radius 3 is 2.69 bits per heavy atom. The van der Waals surface area contributed by atoms with Gasteiger partial charge >= 0.3 is 0 Å². The van der Waals surface area contributed by atoms with Gasteiger partial charge in [0.05, 0.1) is 6.54 Å². The van der Waals surface area contributed by atoms with Gasteiger partial charge < -0.3 is 20.7 Å². The van der Waals surface area contributed by atoms with Crippen LogP contribution in [0.3, 0.4) is 0 Å². The molecule has 0 aliphatic heterocycles. The van der Waals surface area contributed by atoms with E-state index in [1.165, 1.54) is 0 Å². The highest BCUT2D eigenvalue weighted by atomic mass is 35.5. The molecule has 2 rings (SSSR count). The number of ether oxygens (including phenoxy) is 1. The molecule has 0 heterocycles. The first-order valence-corrected chi connectivity index (χ1v) is 10.1. The second-order valence-corrected chi connectivity index (χ2v) is 7.00. The summed E-state index contributed by atoms with van der Waals surface area (Å²) in [4.78, 5) is 16.4. The van der Waals surface area contributed by atoms with Crippen LogP contribution in [-0.2, 0) is 6.42 Å². The van der Waals surface area contributed by atoms with Crippen LogP contribution in [0.2, 0.25) is 5.02 Å². The Morgan fingerprint density at radius 2 is 1.97 bits per heavy atom. The highest BCUT2D eigenvalue weighted by Crippen LogP contribution is 2.18. The molecule has 1 amide bonds. The van der Waals surface area contributed by atoms with E-state index in [4.69, 9.17) is 16.3 Å². The summed E-state index contributed by atoms with van der Waals surface area (Å²) in [6, 6.07) is 15.0. The molecule has 156 valence electrons. The topological polar surface area (TPSA) is 74.8 Å². The Hall–Kier alpha value is -2.73. The van der Waals surface area contributed by atoms with Crippen molar-refractivity contribution in [2.24, 2.45) is 4.99 Å². The summed E-state index contributed by atoms with van der Waals surface area (Å²) in [6.07, 6.45) is 0.692. The van der Waals surface area contributed by atoms with Crippen molar-refractivity contribution in [1.82, 2.24) is 16.0 Å². The molecule has 0 aliphatic carbocycles. The Balaban J connectivity index is 1.86. The lowest BCUT2D eigenvalue weighted by molar-refractivity contribution is 0.0963. The summed E-state index contributed by atoms with van der Waals surface area (Å²) in [5.74, 6) is 1.38. The molecule has 0 saturated heterocycles. The van der Waals surface area contributed by atoms with Gasteiger partial charge in [-0.15, -0.1) is 0 Å². The van der Waals surface area contributed by atoms with Crippen molar-refractivity contribution in [3.63, 3.8) is 0 Å². The van der Waals surface area contributed by atoms with Gasteiger partial charge in [-0.25, -0.2) is 4.99 Å². The highest BCUT2D eigenvalue weighted by molar-refractivity contribution is 6.30. The third-order valence-electron chi connectivity index (χ3n) is 4.11. The van der Waals surface area contributed by atoms with Crippen LogP contribution in [0, 0.1) is 0 Å². The van der Waals surface area contributed by atoms with Gasteiger partial charge in [0.25, 0.3) is 5.91 Å². The average molecular weight is 417 g/mol. The fourth-order valence-electron chi connectivity index (χ4n) is 2.71. The molecule has 1 atom stereocenters. The van der Waals surface area contributed by atoms with E-state index in [0.717, 1.165) is 30.2 Å². The molecule has 0 bridgehead atoms. The zero-order chi connectivity index (χ0) is 21.1. The lowest BCUT2D eigenvalue weighted by atomic mass is 10.1. The van der Waals surface area contributed by atoms with Crippen molar-refractivity contribution < 1.29 is 9.53 Å². The minimum absolute atomic E-state index is 0.0802. The van der Waals surface area contributed by atoms with E-state index >= 15 is 0 Å². The predicted molar refractivity (Wildman–Crippen MR) is 119 cm³/mol. The maximum absolute atomic E-state index is 11.8. The molecular formula is C22H29ClN4O2. The second kappa shape index (κ2) is 12.0. The number of guanidine groups is 1. The molecule has 0 spiro atoms. The van der Waals surface area contributed by atoms with Crippen molar-refractivity contribution in [3.05, 3.63) is 64.7 Å². The normalized spacial score (nSPS) is 12.2. The summed E-state index contributed by atoms with van der Waals surface area (Å²) in [7, 11) is 1.63. The molecule has 29 heavy (non-hydrogen) atoms. The van der Waals surface area contributed by atoms with E-state index in [0.29, 0.717) is 23.7 Å². The van der Waals surface area contributed by atoms with Crippen LogP contribution >= 0.6 is 11.6 Å². The molecule has 0 aliphatic rings. The van der Waals surface area contributed by atoms with E-state index < -0.39 is 0 Å². The van der Waals surface area contributed by atoms with Crippen LogP contribution in [0.15, 0.2) is 53.5 Å². The summed E-state index contributed by atoms with van der Waals surface area (Å²) in [6.45, 7) is 5.97. The first-order valence-electron chi connectivity index (χ1n) is 9.77. The number of carbonyl (C=O) groups is 1. The van der Waals surface area contributed by atoms with E-state index in [2.05, 4.69) is 20.9 Å². The van der Waals surface area contributed by atoms with Crippen molar-refractivity contribution in [2.45, 2.75) is 26.4 Å². The quantitative estimate of drug-likeness (QED) is 0.433. The summed E-state index contributed by atoms with van der Waals surface area (Å²) >= 11 is 5.99. The third-order valence-corrected chi connectivity index (χ3v) is 4.34. The number of rotatable bonds is 9. The first-order chi connectivity index (χ1) is 14.0. The number of carbonyl (C=O) groups excluding carboxylic acids is 1. The molecule has 1 unspecified atom stereocenters. The van der Waals surface area contributed by atoms with Gasteiger partial charge in [0.15, 0.2) is 5.96 Å². The number of hydrogen-bond acceptors (Lipinski definition) is 3. The minimum atomic E-state index is -0.0897. The van der Waals surface area contributed by atoms with E-state index in [-0.39, 0.29) is 12.0 Å². The van der Waals surface area contributed by atoms with Crippen molar-refractivity contribution in [1.29, 1.82) is 0 Å². The second-order valence-electron chi connectivity index (χ2n) is 6.56. The third kappa shape index (κ3) is 8.03. The van der Waals surface area contributed by atoms with Crippen molar-refractivity contribution >= 4 is 23.5 Å². The van der Waals surface area contributed by atoms with Gasteiger partial charge in [0.1, 0.15) is 11.9 Å². The Bertz CT molecular complexity index is 826. The van der Waals surface area contributed by atoms with Crippen LogP contribution in [-0.4, -0.2) is 44.7 Å². The lowest BCUT2D eigenvalue weighted by Gasteiger charge is -2.15. The number of amides is 1. The van der Waals surface area contributed by atoms with Crippen molar-refractivity contribution in [3.8, 4) is 5.75 Å². The zero-order valence-corrected chi connectivity index (χ0v) is 17.9. The first kappa shape index (κ1) is 22.6. The maximum Gasteiger partial charge on any atom is 0.251 e. The molecule has 2 aromatic carbocycles. The largest absolute Gasteiger partial charge is 0.489 e. The van der Waals surface area contributed by atoms with Gasteiger partial charge in [-0.3, -0.25) is 4.79 Å². The van der Waals surface area contributed by atoms with Crippen LogP contribution in [0.5, 0.6) is 5.75 Å². The SMILES string of the molecule is CCNC(=NCC(C)Oc1cccc(Cl)c1)NCCc1cccc(C(=O)NC)c1. The van der Waals surface area contributed by atoms with Gasteiger partial charge in [-0.05, 0) is 56.2 Å². The fraction of sp³-hybridized carbons (Fsp3) is 0.364. The monoisotopic (exact) mass is 416 g/mol. The predicted octanol–water partition coefficient (Wildman–Crippen LogP) is 3.26. The molecule has 6 nitrogen and oxygen atoms in total. The lowest BCUT2D eigenvalue weighted by Crippen LogP contribution is -2.39. The van der Waals surface area contributed by atoms with Gasteiger partial charge in [0, 0.05) is 30.7 Å². The van der Waals surface area contributed by atoms with Crippen LogP contribution in [0.4, 0.5) is 0 Å². The minimum Gasteiger partial charge on any atom is -0.489 e. The molecule has 0 aromatic heterocycles. The molecule has 3 N–H and O–H groups in total. The number of hydrogen-bond donors (Lipinski definition) is 3. The number of benzene rings is 2. The zero-order valence-electron chi connectivity index (χ0n) is 17.2. The number of nitrogens with one attached hydrogen (secondary N) is 3. The van der Waals surface area contributed by atoms with Crippen molar-refractivity contribution in [2.75, 3.05) is 26.7 Å². The molecule has 2 aromatic rings. The number of halogens is 1. The highest BCUT2D eigenvalue weighted by Gasteiger charge is 2.06. The number of aliphatic imine (C=N–C) groups is 1. The maximum atomic E-state index is 11.8. The van der Waals surface area contributed by atoms with Crippen LogP contribution in [0.1, 0.15) is 29.8 Å². The number of nitrogens with zero attached hydrogens (tertiary/aromatic N) is 1.